The van der Waals surface area contributed by atoms with Gasteiger partial charge in [0, 0.05) is 18.7 Å². The maximum absolute atomic E-state index is 12.4. The van der Waals surface area contributed by atoms with Crippen LogP contribution in [0.4, 0.5) is 0 Å². The second kappa shape index (κ2) is 7.60. The Hall–Kier alpha value is -1.82. The molecule has 1 aromatic carbocycles. The number of aromatic nitrogens is 2. The first-order chi connectivity index (χ1) is 11.9. The van der Waals surface area contributed by atoms with Gasteiger partial charge in [-0.15, -0.1) is 10.2 Å². The van der Waals surface area contributed by atoms with Gasteiger partial charge in [-0.05, 0) is 44.2 Å². The molecule has 2 atom stereocenters. The van der Waals surface area contributed by atoms with Crippen molar-refractivity contribution in [1.29, 1.82) is 0 Å². The Labute approximate surface area is 153 Å². The Morgan fingerprint density at radius 1 is 1.16 bits per heavy atom. The van der Waals surface area contributed by atoms with Crippen LogP contribution in [0.2, 0.25) is 0 Å². The second-order valence-corrected chi connectivity index (χ2v) is 8.21. The lowest BCUT2D eigenvalue weighted by Gasteiger charge is -2.34. The zero-order chi connectivity index (χ0) is 18.0. The van der Waals surface area contributed by atoms with Crippen molar-refractivity contribution in [3.8, 4) is 11.5 Å². The zero-order valence-electron chi connectivity index (χ0n) is 15.3. The van der Waals surface area contributed by atoms with Gasteiger partial charge in [-0.1, -0.05) is 42.8 Å². The molecule has 3 rings (SSSR count). The highest BCUT2D eigenvalue weighted by Crippen LogP contribution is 2.26. The molecular formula is C19H25N3O2S. The molecule has 1 amide bonds. The van der Waals surface area contributed by atoms with Crippen LogP contribution in [0.25, 0.3) is 11.5 Å². The maximum atomic E-state index is 12.4. The summed E-state index contributed by atoms with van der Waals surface area (Å²) in [5, 5.41) is 8.64. The number of nitrogens with zero attached hydrogens (tertiary/aromatic N) is 3. The summed E-state index contributed by atoms with van der Waals surface area (Å²) in [5.74, 6) is 2.12. The smallest absolute Gasteiger partial charge is 0.277 e. The number of aryl methyl sites for hydroxylation is 2. The monoisotopic (exact) mass is 359 g/mol. The number of amides is 1. The molecular weight excluding hydrogens is 334 g/mol. The van der Waals surface area contributed by atoms with Crippen molar-refractivity contribution >= 4 is 17.7 Å². The highest BCUT2D eigenvalue weighted by molar-refractivity contribution is 7.99. The molecule has 0 aliphatic carbocycles. The van der Waals surface area contributed by atoms with Crippen LogP contribution in [0, 0.1) is 25.7 Å². The van der Waals surface area contributed by atoms with Crippen LogP contribution >= 0.6 is 11.8 Å². The topological polar surface area (TPSA) is 59.2 Å². The molecule has 5 nitrogen and oxygen atoms in total. The third-order valence-corrected chi connectivity index (χ3v) is 5.22. The zero-order valence-corrected chi connectivity index (χ0v) is 16.1. The number of hydrogen-bond donors (Lipinski definition) is 0. The summed E-state index contributed by atoms with van der Waals surface area (Å²) in [6.45, 7) is 10.2. The molecule has 0 radical (unpaired) electrons. The van der Waals surface area contributed by atoms with Gasteiger partial charge in [-0.25, -0.2) is 0 Å². The van der Waals surface area contributed by atoms with E-state index in [4.69, 9.17) is 4.42 Å². The minimum atomic E-state index is 0.148. The molecule has 0 spiro atoms. The van der Waals surface area contributed by atoms with Gasteiger partial charge in [0.15, 0.2) is 0 Å². The Morgan fingerprint density at radius 2 is 1.80 bits per heavy atom. The lowest BCUT2D eigenvalue weighted by molar-refractivity contribution is -0.130. The molecule has 1 saturated heterocycles. The number of benzene rings is 1. The van der Waals surface area contributed by atoms with Gasteiger partial charge in [-0.3, -0.25) is 4.79 Å². The van der Waals surface area contributed by atoms with Crippen molar-refractivity contribution in [3.05, 3.63) is 29.3 Å². The van der Waals surface area contributed by atoms with Crippen molar-refractivity contribution in [2.24, 2.45) is 11.8 Å². The van der Waals surface area contributed by atoms with Crippen molar-refractivity contribution in [2.75, 3.05) is 18.8 Å². The summed E-state index contributed by atoms with van der Waals surface area (Å²) in [6.07, 6.45) is 1.19. The first-order valence-corrected chi connectivity index (χ1v) is 9.72. The molecule has 1 aromatic heterocycles. The number of rotatable bonds is 4. The Balaban J connectivity index is 1.61. The highest BCUT2D eigenvalue weighted by Gasteiger charge is 2.25. The van der Waals surface area contributed by atoms with Gasteiger partial charge in [0.25, 0.3) is 5.22 Å². The SMILES string of the molecule is Cc1cc(C)cc(-c2nnc(SCC(=O)N3C[C@H](C)C[C@@H](C)C3)o2)c1. The molecule has 0 unspecified atom stereocenters. The number of carbonyl (C=O) groups is 1. The molecule has 134 valence electrons. The summed E-state index contributed by atoms with van der Waals surface area (Å²) < 4.78 is 5.73. The number of carbonyl (C=O) groups excluding carboxylic acids is 1. The van der Waals surface area contributed by atoms with Crippen LogP contribution in [0.3, 0.4) is 0 Å². The predicted octanol–water partition coefficient (Wildman–Crippen LogP) is 3.95. The molecule has 1 fully saturated rings. The van der Waals surface area contributed by atoms with Crippen molar-refractivity contribution in [3.63, 3.8) is 0 Å². The van der Waals surface area contributed by atoms with Crippen molar-refractivity contribution < 1.29 is 9.21 Å². The molecule has 6 heteroatoms. The summed E-state index contributed by atoms with van der Waals surface area (Å²) in [5.41, 5.74) is 3.23. The van der Waals surface area contributed by atoms with Crippen LogP contribution in [-0.4, -0.2) is 39.8 Å². The van der Waals surface area contributed by atoms with Gasteiger partial charge in [0.05, 0.1) is 5.75 Å². The van der Waals surface area contributed by atoms with Crippen LogP contribution < -0.4 is 0 Å². The average molecular weight is 359 g/mol. The van der Waals surface area contributed by atoms with E-state index in [0.717, 1.165) is 29.8 Å². The molecule has 2 aromatic rings. The van der Waals surface area contributed by atoms with Gasteiger partial charge < -0.3 is 9.32 Å². The van der Waals surface area contributed by atoms with Gasteiger partial charge >= 0.3 is 0 Å². The van der Waals surface area contributed by atoms with Crippen LogP contribution in [0.5, 0.6) is 0 Å². The summed E-state index contributed by atoms with van der Waals surface area (Å²) in [4.78, 5) is 14.4. The second-order valence-electron chi connectivity index (χ2n) is 7.28. The fourth-order valence-electron chi connectivity index (χ4n) is 3.56. The lowest BCUT2D eigenvalue weighted by Crippen LogP contribution is -2.43. The largest absolute Gasteiger partial charge is 0.411 e. The van der Waals surface area contributed by atoms with Crippen molar-refractivity contribution in [1.82, 2.24) is 15.1 Å². The minimum absolute atomic E-state index is 0.148. The maximum Gasteiger partial charge on any atom is 0.277 e. The third-order valence-electron chi connectivity index (χ3n) is 4.42. The fourth-order valence-corrected chi connectivity index (χ4v) is 4.23. The number of hydrogen-bond acceptors (Lipinski definition) is 5. The molecule has 0 N–H and O–H groups in total. The number of piperidine rings is 1. The molecule has 1 aliphatic rings. The van der Waals surface area contributed by atoms with E-state index in [1.165, 1.54) is 18.2 Å². The fraction of sp³-hybridized carbons (Fsp3) is 0.526. The molecule has 25 heavy (non-hydrogen) atoms. The normalized spacial score (nSPS) is 20.7. The quantitative estimate of drug-likeness (QED) is 0.774. The number of likely N-dealkylation sites (tertiary alicyclic amines) is 1. The highest BCUT2D eigenvalue weighted by atomic mass is 32.2. The third kappa shape index (κ3) is 4.63. The van der Waals surface area contributed by atoms with Crippen LogP contribution in [-0.2, 0) is 4.79 Å². The minimum Gasteiger partial charge on any atom is -0.411 e. The van der Waals surface area contributed by atoms with Gasteiger partial charge in [-0.2, -0.15) is 0 Å². The van der Waals surface area contributed by atoms with Gasteiger partial charge in [0.2, 0.25) is 11.8 Å². The standard InChI is InChI=1S/C19H25N3O2S/c1-12-5-13(2)8-16(7-12)18-20-21-19(24-18)25-11-17(23)22-9-14(3)6-15(4)10-22/h5,7-8,14-15H,6,9-11H2,1-4H3/t14-,15-/m1/s1. The predicted molar refractivity (Wildman–Crippen MR) is 99.5 cm³/mol. The summed E-state index contributed by atoms with van der Waals surface area (Å²) in [6, 6.07) is 6.15. The summed E-state index contributed by atoms with van der Waals surface area (Å²) >= 11 is 1.32. The van der Waals surface area contributed by atoms with E-state index in [2.05, 4.69) is 30.1 Å². The van der Waals surface area contributed by atoms with Crippen molar-refractivity contribution in [2.45, 2.75) is 39.3 Å². The van der Waals surface area contributed by atoms with Gasteiger partial charge in [0.1, 0.15) is 0 Å². The van der Waals surface area contributed by atoms with Crippen LogP contribution in [0.15, 0.2) is 27.8 Å². The van der Waals surface area contributed by atoms with Crippen LogP contribution in [0.1, 0.15) is 31.4 Å². The van der Waals surface area contributed by atoms with E-state index in [9.17, 15) is 4.79 Å². The lowest BCUT2D eigenvalue weighted by atomic mass is 9.92. The molecule has 1 aliphatic heterocycles. The van der Waals surface area contributed by atoms with E-state index in [-0.39, 0.29) is 5.91 Å². The summed E-state index contributed by atoms with van der Waals surface area (Å²) in [7, 11) is 0. The molecule has 0 saturated carbocycles. The number of thioether (sulfide) groups is 1. The average Bonchev–Trinajstić information content (AvgIpc) is 2.99. The first-order valence-electron chi connectivity index (χ1n) is 8.73. The van der Waals surface area contributed by atoms with E-state index in [1.54, 1.807) is 0 Å². The van der Waals surface area contributed by atoms with E-state index in [0.29, 0.717) is 28.7 Å². The Kier molecular flexibility index (Phi) is 5.47. The Bertz CT molecular complexity index is 729. The molecule has 2 heterocycles. The Morgan fingerprint density at radius 3 is 2.44 bits per heavy atom. The first kappa shape index (κ1) is 18.0. The molecule has 0 bridgehead atoms. The van der Waals surface area contributed by atoms with E-state index in [1.807, 2.05) is 30.9 Å². The van der Waals surface area contributed by atoms with E-state index < -0.39 is 0 Å². The van der Waals surface area contributed by atoms with E-state index >= 15 is 0 Å².